The summed E-state index contributed by atoms with van der Waals surface area (Å²) in [6, 6.07) is 0.0803. The summed E-state index contributed by atoms with van der Waals surface area (Å²) in [4.78, 5) is 25.9. The number of anilines is 2. The molecule has 2 unspecified atom stereocenters. The van der Waals surface area contributed by atoms with Crippen LogP contribution in [-0.4, -0.2) is 29.3 Å². The first-order valence-corrected chi connectivity index (χ1v) is 6.80. The van der Waals surface area contributed by atoms with Crippen molar-refractivity contribution in [2.45, 2.75) is 39.8 Å². The number of rotatable bonds is 7. The number of hydrogen-bond donors (Lipinski definition) is 3. The van der Waals surface area contributed by atoms with Crippen LogP contribution in [-0.2, 0) is 11.3 Å². The van der Waals surface area contributed by atoms with Crippen molar-refractivity contribution in [1.82, 2.24) is 9.55 Å². The highest BCUT2D eigenvalue weighted by molar-refractivity contribution is 5.60. The zero-order valence-electron chi connectivity index (χ0n) is 12.5. The van der Waals surface area contributed by atoms with Crippen molar-refractivity contribution in [3.05, 3.63) is 20.8 Å². The van der Waals surface area contributed by atoms with Gasteiger partial charge in [0.2, 0.25) is 0 Å². The van der Waals surface area contributed by atoms with Gasteiger partial charge in [-0.25, -0.2) is 4.79 Å². The van der Waals surface area contributed by atoms with Crippen LogP contribution in [0.1, 0.15) is 27.2 Å². The maximum atomic E-state index is 11.9. The van der Waals surface area contributed by atoms with Crippen LogP contribution in [0.15, 0.2) is 9.59 Å². The molecular formula is C13H24N4O3. The van der Waals surface area contributed by atoms with Crippen LogP contribution in [0, 0.1) is 5.92 Å². The molecule has 20 heavy (non-hydrogen) atoms. The first-order chi connectivity index (χ1) is 9.42. The predicted molar refractivity (Wildman–Crippen MR) is 80.2 cm³/mol. The van der Waals surface area contributed by atoms with E-state index in [9.17, 15) is 9.59 Å². The Morgan fingerprint density at radius 1 is 1.40 bits per heavy atom. The van der Waals surface area contributed by atoms with E-state index in [1.165, 1.54) is 11.7 Å². The summed E-state index contributed by atoms with van der Waals surface area (Å²) in [5.41, 5.74) is 5.17. The van der Waals surface area contributed by atoms with Crippen molar-refractivity contribution in [1.29, 1.82) is 0 Å². The molecule has 0 aliphatic heterocycles. The van der Waals surface area contributed by atoms with Crippen molar-refractivity contribution >= 4 is 11.5 Å². The minimum Gasteiger partial charge on any atom is -0.383 e. The average Bonchev–Trinajstić information content (AvgIpc) is 2.42. The topological polar surface area (TPSA) is 102 Å². The Morgan fingerprint density at radius 3 is 2.60 bits per heavy atom. The van der Waals surface area contributed by atoms with Crippen LogP contribution in [0.2, 0.25) is 0 Å². The van der Waals surface area contributed by atoms with Gasteiger partial charge in [0.1, 0.15) is 11.5 Å². The van der Waals surface area contributed by atoms with Crippen molar-refractivity contribution < 1.29 is 4.74 Å². The molecule has 0 aromatic carbocycles. The average molecular weight is 284 g/mol. The van der Waals surface area contributed by atoms with Gasteiger partial charge in [0.05, 0.1) is 13.2 Å². The van der Waals surface area contributed by atoms with Gasteiger partial charge >= 0.3 is 5.69 Å². The second kappa shape index (κ2) is 7.14. The summed E-state index contributed by atoms with van der Waals surface area (Å²) in [5, 5.41) is 3.10. The third-order valence-corrected chi connectivity index (χ3v) is 3.63. The Morgan fingerprint density at radius 2 is 2.05 bits per heavy atom. The van der Waals surface area contributed by atoms with E-state index in [-0.39, 0.29) is 17.5 Å². The molecule has 7 heteroatoms. The number of nitrogen functional groups attached to an aromatic ring is 1. The number of nitrogens with one attached hydrogen (secondary N) is 2. The molecule has 0 amide bonds. The molecule has 0 saturated heterocycles. The minimum absolute atomic E-state index is 0.0803. The lowest BCUT2D eigenvalue weighted by Crippen LogP contribution is -2.37. The van der Waals surface area contributed by atoms with E-state index < -0.39 is 11.2 Å². The summed E-state index contributed by atoms with van der Waals surface area (Å²) >= 11 is 0. The molecule has 0 radical (unpaired) electrons. The summed E-state index contributed by atoms with van der Waals surface area (Å²) < 4.78 is 6.24. The molecule has 0 aliphatic carbocycles. The zero-order chi connectivity index (χ0) is 15.3. The van der Waals surface area contributed by atoms with E-state index in [1.807, 2.05) is 6.92 Å². The van der Waals surface area contributed by atoms with Crippen LogP contribution in [0.5, 0.6) is 0 Å². The third-order valence-electron chi connectivity index (χ3n) is 3.63. The highest BCUT2D eigenvalue weighted by atomic mass is 16.5. The van der Waals surface area contributed by atoms with Crippen LogP contribution in [0.4, 0.5) is 11.5 Å². The van der Waals surface area contributed by atoms with E-state index >= 15 is 0 Å². The van der Waals surface area contributed by atoms with E-state index in [2.05, 4.69) is 24.1 Å². The van der Waals surface area contributed by atoms with E-state index in [0.29, 0.717) is 19.1 Å². The number of aromatic amines is 1. The lowest BCUT2D eigenvalue weighted by Gasteiger charge is -2.22. The molecule has 1 rings (SSSR count). The Bertz CT molecular complexity index is 550. The number of methoxy groups -OCH3 is 1. The van der Waals surface area contributed by atoms with E-state index in [0.717, 1.165) is 6.42 Å². The number of nitrogens with zero attached hydrogens (tertiary/aromatic N) is 1. The fraction of sp³-hybridized carbons (Fsp3) is 0.692. The maximum Gasteiger partial charge on any atom is 0.330 e. The number of nitrogens with two attached hydrogens (primary N) is 1. The van der Waals surface area contributed by atoms with Crippen molar-refractivity contribution in [2.75, 3.05) is 24.8 Å². The maximum absolute atomic E-state index is 11.9. The van der Waals surface area contributed by atoms with Gasteiger partial charge in [-0.15, -0.1) is 0 Å². The third kappa shape index (κ3) is 3.63. The molecular weight excluding hydrogens is 260 g/mol. The SMILES string of the molecule is CCC(C)C(C)Nc1c(N)n(CCOC)c(=O)[nH]c1=O. The fourth-order valence-electron chi connectivity index (χ4n) is 1.86. The standard InChI is InChI=1S/C13H24N4O3/c1-5-8(2)9(3)15-10-11(14)17(6-7-20-4)13(19)16-12(10)18/h8-9,15H,5-7,14H2,1-4H3,(H,16,18,19). The molecule has 1 aromatic rings. The summed E-state index contributed by atoms with van der Waals surface area (Å²) in [6.07, 6.45) is 0.981. The van der Waals surface area contributed by atoms with Gasteiger partial charge in [0.15, 0.2) is 0 Å². The molecule has 7 nitrogen and oxygen atoms in total. The summed E-state index contributed by atoms with van der Waals surface area (Å²) in [5.74, 6) is 0.527. The molecule has 0 fully saturated rings. The monoisotopic (exact) mass is 284 g/mol. The Labute approximate surface area is 118 Å². The van der Waals surface area contributed by atoms with Gasteiger partial charge < -0.3 is 15.8 Å². The molecule has 1 heterocycles. The lowest BCUT2D eigenvalue weighted by atomic mass is 10.0. The zero-order valence-corrected chi connectivity index (χ0v) is 12.5. The fourth-order valence-corrected chi connectivity index (χ4v) is 1.86. The summed E-state index contributed by atoms with van der Waals surface area (Å²) in [7, 11) is 1.54. The molecule has 114 valence electrons. The predicted octanol–water partition coefficient (Wildman–Crippen LogP) is 0.612. The van der Waals surface area contributed by atoms with E-state index in [4.69, 9.17) is 10.5 Å². The van der Waals surface area contributed by atoms with Crippen molar-refractivity contribution in [2.24, 2.45) is 5.92 Å². The molecule has 1 aromatic heterocycles. The lowest BCUT2D eigenvalue weighted by molar-refractivity contribution is 0.186. The normalized spacial score (nSPS) is 14.0. The second-order valence-electron chi connectivity index (χ2n) is 4.98. The van der Waals surface area contributed by atoms with Gasteiger partial charge in [-0.3, -0.25) is 14.3 Å². The number of ether oxygens (including phenoxy) is 1. The van der Waals surface area contributed by atoms with Gasteiger partial charge in [0.25, 0.3) is 5.56 Å². The van der Waals surface area contributed by atoms with Crippen LogP contribution in [0.25, 0.3) is 0 Å². The first kappa shape index (κ1) is 16.3. The van der Waals surface area contributed by atoms with Crippen molar-refractivity contribution in [3.63, 3.8) is 0 Å². The highest BCUT2D eigenvalue weighted by Crippen LogP contribution is 2.16. The van der Waals surface area contributed by atoms with Crippen LogP contribution >= 0.6 is 0 Å². The van der Waals surface area contributed by atoms with Crippen LogP contribution < -0.4 is 22.3 Å². The molecule has 4 N–H and O–H groups in total. The smallest absolute Gasteiger partial charge is 0.330 e. The molecule has 0 spiro atoms. The molecule has 0 bridgehead atoms. The minimum atomic E-state index is -0.522. The second-order valence-corrected chi connectivity index (χ2v) is 4.98. The largest absolute Gasteiger partial charge is 0.383 e. The highest BCUT2D eigenvalue weighted by Gasteiger charge is 2.16. The molecule has 0 saturated carbocycles. The quantitative estimate of drug-likeness (QED) is 0.681. The Balaban J connectivity index is 3.13. The van der Waals surface area contributed by atoms with Gasteiger partial charge in [-0.05, 0) is 12.8 Å². The van der Waals surface area contributed by atoms with Gasteiger partial charge in [-0.1, -0.05) is 20.3 Å². The van der Waals surface area contributed by atoms with E-state index in [1.54, 1.807) is 0 Å². The Kier molecular flexibility index (Phi) is 5.82. The van der Waals surface area contributed by atoms with Gasteiger partial charge in [0, 0.05) is 13.2 Å². The number of H-pyrrole nitrogens is 1. The number of hydrogen-bond acceptors (Lipinski definition) is 5. The molecule has 0 aliphatic rings. The first-order valence-electron chi connectivity index (χ1n) is 6.80. The van der Waals surface area contributed by atoms with Crippen LogP contribution in [0.3, 0.4) is 0 Å². The van der Waals surface area contributed by atoms with Gasteiger partial charge in [-0.2, -0.15) is 0 Å². The molecule has 2 atom stereocenters. The number of aromatic nitrogens is 2. The van der Waals surface area contributed by atoms with Crippen molar-refractivity contribution in [3.8, 4) is 0 Å². The summed E-state index contributed by atoms with van der Waals surface area (Å²) in [6.45, 7) is 6.79. The Hall–Kier alpha value is -1.76.